The highest BCUT2D eigenvalue weighted by atomic mass is 32.2. The van der Waals surface area contributed by atoms with Gasteiger partial charge in [-0.05, 0) is 104 Å². The molecule has 2 aliphatic carbocycles. The van der Waals surface area contributed by atoms with Crippen LogP contribution in [0.4, 0.5) is 0 Å². The zero-order chi connectivity index (χ0) is 33.3. The maximum absolute atomic E-state index is 13.2. The van der Waals surface area contributed by atoms with E-state index in [9.17, 15) is 9.59 Å². The smallest absolute Gasteiger partial charge is 0.262 e. The predicted molar refractivity (Wildman–Crippen MR) is 197 cm³/mol. The summed E-state index contributed by atoms with van der Waals surface area (Å²) in [7, 11) is 0. The quantitative estimate of drug-likeness (QED) is 0.135. The lowest BCUT2D eigenvalue weighted by Crippen LogP contribution is -2.46. The van der Waals surface area contributed by atoms with Crippen LogP contribution >= 0.6 is 23.3 Å². The molecule has 0 spiro atoms. The Kier molecular flexibility index (Phi) is 13.0. The molecular formula is C38H52N4O2S2. The molecule has 2 amide bonds. The van der Waals surface area contributed by atoms with Gasteiger partial charge in [0.1, 0.15) is 6.04 Å². The fourth-order valence-electron chi connectivity index (χ4n) is 6.48. The van der Waals surface area contributed by atoms with Gasteiger partial charge in [0, 0.05) is 29.3 Å². The topological polar surface area (TPSA) is 82.9 Å². The van der Waals surface area contributed by atoms with Crippen molar-refractivity contribution in [2.75, 3.05) is 6.26 Å². The minimum atomic E-state index is -0.711. The first-order chi connectivity index (χ1) is 22.0. The molecule has 4 rings (SSSR count). The van der Waals surface area contributed by atoms with Crippen LogP contribution in [0.15, 0.2) is 69.8 Å². The Morgan fingerprint density at radius 2 is 1.80 bits per heavy atom. The molecular weight excluding hydrogens is 609 g/mol. The van der Waals surface area contributed by atoms with Gasteiger partial charge in [-0.1, -0.05) is 82.8 Å². The number of carbonyl (C=O) groups is 2. The van der Waals surface area contributed by atoms with Crippen molar-refractivity contribution in [3.05, 3.63) is 80.7 Å². The van der Waals surface area contributed by atoms with Gasteiger partial charge < -0.3 is 5.32 Å². The minimum Gasteiger partial charge on any atom is -0.339 e. The summed E-state index contributed by atoms with van der Waals surface area (Å²) in [4.78, 5) is 36.8. The van der Waals surface area contributed by atoms with E-state index in [1.54, 1.807) is 6.26 Å². The first-order valence-electron chi connectivity index (χ1n) is 16.8. The lowest BCUT2D eigenvalue weighted by molar-refractivity contribution is -0.121. The Bertz CT molecular complexity index is 1450. The Hall–Kier alpha value is -2.97. The van der Waals surface area contributed by atoms with Crippen LogP contribution in [-0.4, -0.2) is 36.7 Å². The lowest BCUT2D eigenvalue weighted by atomic mass is 9.71. The van der Waals surface area contributed by atoms with E-state index in [1.165, 1.54) is 73.0 Å². The molecule has 2 N–H and O–H groups in total. The van der Waals surface area contributed by atoms with E-state index in [-0.39, 0.29) is 17.2 Å². The average Bonchev–Trinajstić information content (AvgIpc) is 3.58. The van der Waals surface area contributed by atoms with Crippen LogP contribution in [0.1, 0.15) is 112 Å². The maximum Gasteiger partial charge on any atom is 0.262 e. The van der Waals surface area contributed by atoms with Gasteiger partial charge in [-0.2, -0.15) is 0 Å². The van der Waals surface area contributed by atoms with Crippen LogP contribution < -0.4 is 10.0 Å². The van der Waals surface area contributed by atoms with Crippen molar-refractivity contribution in [2.24, 2.45) is 27.7 Å². The molecule has 248 valence electrons. The third-order valence-corrected chi connectivity index (χ3v) is 11.9. The molecule has 1 fully saturated rings. The summed E-state index contributed by atoms with van der Waals surface area (Å²) < 4.78 is 2.79. The number of allylic oxidation sites excluding steroid dienone is 3. The van der Waals surface area contributed by atoms with Crippen molar-refractivity contribution >= 4 is 47.7 Å². The summed E-state index contributed by atoms with van der Waals surface area (Å²) in [6.45, 7) is 14.8. The SMILES string of the molecule is C=NC(=N/C=C(\C)C1=CCC(C2CCC(C)CC2)CC1)c1ccc(CC(NC(=O)c2ccc(C(C)(C)CC)s2)C(=O)NSC)cc1. The number of hydrogen-bond donors (Lipinski definition) is 2. The molecule has 0 bridgehead atoms. The summed E-state index contributed by atoms with van der Waals surface area (Å²) in [5.41, 5.74) is 4.36. The number of rotatable bonds is 12. The number of benzene rings is 1. The number of carbonyl (C=O) groups excluding carboxylic acids is 2. The highest BCUT2D eigenvalue weighted by molar-refractivity contribution is 7.97. The van der Waals surface area contributed by atoms with Gasteiger partial charge in [-0.25, -0.2) is 9.98 Å². The number of amidine groups is 1. The second-order valence-corrected chi connectivity index (χ2v) is 15.4. The maximum atomic E-state index is 13.2. The standard InChI is InChI=1S/C38H52N4O2S2/c1-8-38(4,5)34-22-21-33(46-34)37(44)41-32(36(43)42-45-7)23-27-11-15-31(16-12-27)35(39-6)40-24-26(3)28-17-19-30(20-18-28)29-13-9-25(2)10-14-29/h11-12,15-17,21-22,24-25,29-30,32H,6,8-10,13-14,18-20,23H2,1-5,7H3,(H,41,44)(H,42,43)/b26-24+,40-35?. The Morgan fingerprint density at radius 3 is 2.41 bits per heavy atom. The zero-order valence-electron chi connectivity index (χ0n) is 28.5. The van der Waals surface area contributed by atoms with Gasteiger partial charge >= 0.3 is 0 Å². The number of amides is 2. The second-order valence-electron chi connectivity index (χ2n) is 13.7. The molecule has 2 unspecified atom stereocenters. The summed E-state index contributed by atoms with van der Waals surface area (Å²) >= 11 is 2.71. The van der Waals surface area contributed by atoms with Crippen molar-refractivity contribution in [2.45, 2.75) is 104 Å². The lowest BCUT2D eigenvalue weighted by Gasteiger charge is -2.34. The van der Waals surface area contributed by atoms with Gasteiger partial charge in [-0.3, -0.25) is 14.3 Å². The van der Waals surface area contributed by atoms with E-state index in [0.717, 1.165) is 46.6 Å². The number of hydrogen-bond acceptors (Lipinski definition) is 5. The first kappa shape index (κ1) is 35.9. The van der Waals surface area contributed by atoms with Gasteiger partial charge in [0.2, 0.25) is 0 Å². The van der Waals surface area contributed by atoms with Crippen molar-refractivity contribution in [3.8, 4) is 0 Å². The summed E-state index contributed by atoms with van der Waals surface area (Å²) in [6, 6.07) is 11.0. The monoisotopic (exact) mass is 660 g/mol. The normalized spacial score (nSPS) is 21.7. The third kappa shape index (κ3) is 9.54. The van der Waals surface area contributed by atoms with Crippen molar-refractivity contribution in [3.63, 3.8) is 0 Å². The summed E-state index contributed by atoms with van der Waals surface area (Å²) in [5.74, 6) is 2.72. The number of nitrogens with zero attached hydrogens (tertiary/aromatic N) is 2. The molecule has 0 aliphatic heterocycles. The molecule has 0 radical (unpaired) electrons. The van der Waals surface area contributed by atoms with Gasteiger partial charge in [0.05, 0.1) is 4.88 Å². The average molecular weight is 661 g/mol. The molecule has 6 nitrogen and oxygen atoms in total. The van der Waals surface area contributed by atoms with Gasteiger partial charge in [0.25, 0.3) is 11.8 Å². The van der Waals surface area contributed by atoms with Crippen molar-refractivity contribution in [1.82, 2.24) is 10.0 Å². The summed E-state index contributed by atoms with van der Waals surface area (Å²) in [6.07, 6.45) is 16.6. The van der Waals surface area contributed by atoms with Crippen LogP contribution in [0.3, 0.4) is 0 Å². The first-order valence-corrected chi connectivity index (χ1v) is 18.8. The molecule has 8 heteroatoms. The van der Waals surface area contributed by atoms with E-state index < -0.39 is 6.04 Å². The van der Waals surface area contributed by atoms with Gasteiger partial charge in [-0.15, -0.1) is 11.3 Å². The van der Waals surface area contributed by atoms with E-state index in [2.05, 4.69) is 62.4 Å². The van der Waals surface area contributed by atoms with E-state index in [1.807, 2.05) is 42.6 Å². The fraction of sp³-hybridized carbons (Fsp3) is 0.526. The highest BCUT2D eigenvalue weighted by Crippen LogP contribution is 2.40. The van der Waals surface area contributed by atoms with Crippen molar-refractivity contribution < 1.29 is 9.59 Å². The molecule has 1 aromatic heterocycles. The Morgan fingerprint density at radius 1 is 1.09 bits per heavy atom. The van der Waals surface area contributed by atoms with Crippen LogP contribution in [0.2, 0.25) is 0 Å². The molecule has 1 saturated carbocycles. The van der Waals surface area contributed by atoms with Crippen LogP contribution in [0, 0.1) is 17.8 Å². The van der Waals surface area contributed by atoms with Gasteiger partial charge in [0.15, 0.2) is 5.84 Å². The molecule has 2 aromatic rings. The number of aliphatic imine (C=N–C) groups is 2. The number of thiophene rings is 1. The molecule has 0 saturated heterocycles. The minimum absolute atomic E-state index is 0.00153. The molecule has 2 aliphatic rings. The molecule has 46 heavy (non-hydrogen) atoms. The predicted octanol–water partition coefficient (Wildman–Crippen LogP) is 9.07. The van der Waals surface area contributed by atoms with E-state index in [4.69, 9.17) is 4.99 Å². The van der Waals surface area contributed by atoms with E-state index >= 15 is 0 Å². The van der Waals surface area contributed by atoms with Crippen molar-refractivity contribution in [1.29, 1.82) is 0 Å². The van der Waals surface area contributed by atoms with Crippen LogP contribution in [0.25, 0.3) is 0 Å². The fourth-order valence-corrected chi connectivity index (χ4v) is 7.90. The summed E-state index contributed by atoms with van der Waals surface area (Å²) in [5, 5.41) is 2.97. The van der Waals surface area contributed by atoms with Crippen LogP contribution in [0.5, 0.6) is 0 Å². The molecule has 1 heterocycles. The molecule has 2 atom stereocenters. The number of nitrogens with one attached hydrogen (secondary N) is 2. The zero-order valence-corrected chi connectivity index (χ0v) is 30.2. The van der Waals surface area contributed by atoms with Crippen LogP contribution in [-0.2, 0) is 16.6 Å². The highest BCUT2D eigenvalue weighted by Gasteiger charge is 2.28. The largest absolute Gasteiger partial charge is 0.339 e. The van der Waals surface area contributed by atoms with E-state index in [0.29, 0.717) is 17.1 Å². The molecule has 1 aromatic carbocycles. The second kappa shape index (κ2) is 16.7. The third-order valence-electron chi connectivity index (χ3n) is 10.1. The Balaban J connectivity index is 1.40. The Labute approximate surface area is 284 Å².